The number of methoxy groups -OCH3 is 1. The lowest BCUT2D eigenvalue weighted by atomic mass is 9.99. The fourth-order valence-electron chi connectivity index (χ4n) is 2.35. The largest absolute Gasteiger partial charge is 0.481 e. The van der Waals surface area contributed by atoms with Crippen LogP contribution in [0, 0.1) is 0 Å². The van der Waals surface area contributed by atoms with Crippen LogP contribution in [0.3, 0.4) is 0 Å². The second-order valence-electron chi connectivity index (χ2n) is 5.07. The van der Waals surface area contributed by atoms with Crippen LogP contribution >= 0.6 is 0 Å². The lowest BCUT2D eigenvalue weighted by Crippen LogP contribution is -2.35. The smallest absolute Gasteiger partial charge is 0.312 e. The van der Waals surface area contributed by atoms with Gasteiger partial charge in [-0.05, 0) is 11.1 Å². The number of nitrogens with one attached hydrogen (secondary N) is 1. The molecular formula is C18H19NO4. The molecule has 5 heteroatoms. The predicted octanol–water partition coefficient (Wildman–Crippen LogP) is 2.36. The SMILES string of the molecule is COC(C(=O)NCC(C(=O)O)c1ccccc1)c1ccccc1. The number of benzene rings is 2. The molecule has 2 rings (SSSR count). The third-order valence-electron chi connectivity index (χ3n) is 3.56. The highest BCUT2D eigenvalue weighted by molar-refractivity contribution is 5.83. The van der Waals surface area contributed by atoms with Crippen molar-refractivity contribution in [2.24, 2.45) is 0 Å². The minimum absolute atomic E-state index is 0.00483. The number of carboxylic acid groups (broad SMARTS) is 1. The van der Waals surface area contributed by atoms with E-state index in [1.807, 2.05) is 24.3 Å². The number of hydrogen-bond donors (Lipinski definition) is 2. The Kier molecular flexibility index (Phi) is 5.88. The molecule has 0 aliphatic heterocycles. The second-order valence-corrected chi connectivity index (χ2v) is 5.07. The Morgan fingerprint density at radius 3 is 2.00 bits per heavy atom. The van der Waals surface area contributed by atoms with Crippen LogP contribution in [0.2, 0.25) is 0 Å². The quantitative estimate of drug-likeness (QED) is 0.823. The van der Waals surface area contributed by atoms with Crippen LogP contribution in [0.1, 0.15) is 23.1 Å². The lowest BCUT2D eigenvalue weighted by molar-refractivity contribution is -0.139. The molecule has 5 nitrogen and oxygen atoms in total. The van der Waals surface area contributed by atoms with Crippen molar-refractivity contribution in [2.45, 2.75) is 12.0 Å². The zero-order chi connectivity index (χ0) is 16.7. The first-order valence-electron chi connectivity index (χ1n) is 7.26. The first-order valence-corrected chi connectivity index (χ1v) is 7.26. The summed E-state index contributed by atoms with van der Waals surface area (Å²) in [5.41, 5.74) is 1.37. The van der Waals surface area contributed by atoms with Crippen molar-refractivity contribution in [2.75, 3.05) is 13.7 Å². The molecule has 0 fully saturated rings. The number of rotatable bonds is 7. The average Bonchev–Trinajstić information content (AvgIpc) is 2.57. The van der Waals surface area contributed by atoms with Gasteiger partial charge in [-0.1, -0.05) is 60.7 Å². The summed E-state index contributed by atoms with van der Waals surface area (Å²) in [5, 5.41) is 12.0. The Morgan fingerprint density at radius 2 is 1.52 bits per heavy atom. The third-order valence-corrected chi connectivity index (χ3v) is 3.56. The molecule has 2 aromatic carbocycles. The number of aliphatic carboxylic acids is 1. The maximum Gasteiger partial charge on any atom is 0.312 e. The van der Waals surface area contributed by atoms with Gasteiger partial charge < -0.3 is 15.2 Å². The Bertz CT molecular complexity index is 643. The van der Waals surface area contributed by atoms with E-state index in [-0.39, 0.29) is 12.5 Å². The van der Waals surface area contributed by atoms with Gasteiger partial charge in [-0.25, -0.2) is 0 Å². The van der Waals surface area contributed by atoms with Gasteiger partial charge in [0.15, 0.2) is 6.10 Å². The highest BCUT2D eigenvalue weighted by Crippen LogP contribution is 2.18. The van der Waals surface area contributed by atoms with Crippen LogP contribution in [-0.2, 0) is 14.3 Å². The molecular weight excluding hydrogens is 294 g/mol. The summed E-state index contributed by atoms with van der Waals surface area (Å²) < 4.78 is 5.24. The van der Waals surface area contributed by atoms with Crippen molar-refractivity contribution in [1.29, 1.82) is 0 Å². The summed E-state index contributed by atoms with van der Waals surface area (Å²) in [5.74, 6) is -2.14. The third kappa shape index (κ3) is 4.40. The van der Waals surface area contributed by atoms with Crippen LogP contribution in [0.25, 0.3) is 0 Å². The van der Waals surface area contributed by atoms with Gasteiger partial charge in [-0.15, -0.1) is 0 Å². The van der Waals surface area contributed by atoms with Crippen molar-refractivity contribution in [3.8, 4) is 0 Å². The van der Waals surface area contributed by atoms with Crippen molar-refractivity contribution in [1.82, 2.24) is 5.32 Å². The molecule has 2 unspecified atom stereocenters. The maximum absolute atomic E-state index is 12.3. The summed E-state index contributed by atoms with van der Waals surface area (Å²) in [7, 11) is 1.45. The van der Waals surface area contributed by atoms with Crippen LogP contribution < -0.4 is 5.32 Å². The molecule has 0 aliphatic carbocycles. The van der Waals surface area contributed by atoms with Crippen molar-refractivity contribution in [3.05, 3.63) is 71.8 Å². The molecule has 0 saturated heterocycles. The van der Waals surface area contributed by atoms with Gasteiger partial charge in [0.2, 0.25) is 0 Å². The van der Waals surface area contributed by atoms with Crippen LogP contribution in [0.5, 0.6) is 0 Å². The highest BCUT2D eigenvalue weighted by Gasteiger charge is 2.24. The number of carbonyl (C=O) groups is 2. The molecule has 2 atom stereocenters. The fraction of sp³-hybridized carbons (Fsp3) is 0.222. The maximum atomic E-state index is 12.3. The predicted molar refractivity (Wildman–Crippen MR) is 86.0 cm³/mol. The van der Waals surface area contributed by atoms with Gasteiger partial charge >= 0.3 is 5.97 Å². The molecule has 120 valence electrons. The number of carboxylic acids is 1. The molecule has 0 aliphatic rings. The van der Waals surface area contributed by atoms with E-state index in [1.54, 1.807) is 36.4 Å². The van der Waals surface area contributed by atoms with E-state index in [1.165, 1.54) is 7.11 Å². The molecule has 2 aromatic rings. The van der Waals surface area contributed by atoms with Crippen LogP contribution in [-0.4, -0.2) is 30.6 Å². The summed E-state index contributed by atoms with van der Waals surface area (Å²) in [6, 6.07) is 17.9. The second kappa shape index (κ2) is 8.10. The molecule has 0 bridgehead atoms. The van der Waals surface area contributed by atoms with Crippen molar-refractivity contribution >= 4 is 11.9 Å². The van der Waals surface area contributed by atoms with Crippen LogP contribution in [0.15, 0.2) is 60.7 Å². The highest BCUT2D eigenvalue weighted by atomic mass is 16.5. The van der Waals surface area contributed by atoms with Crippen LogP contribution in [0.4, 0.5) is 0 Å². The van der Waals surface area contributed by atoms with Gasteiger partial charge in [-0.3, -0.25) is 9.59 Å². The van der Waals surface area contributed by atoms with E-state index in [9.17, 15) is 14.7 Å². The number of hydrogen-bond acceptors (Lipinski definition) is 3. The van der Waals surface area contributed by atoms with Gasteiger partial charge in [0.1, 0.15) is 0 Å². The minimum atomic E-state index is -0.981. The van der Waals surface area contributed by atoms with E-state index < -0.39 is 18.0 Å². The molecule has 0 radical (unpaired) electrons. The molecule has 0 spiro atoms. The normalized spacial score (nSPS) is 13.1. The molecule has 23 heavy (non-hydrogen) atoms. The fourth-order valence-corrected chi connectivity index (χ4v) is 2.35. The lowest BCUT2D eigenvalue weighted by Gasteiger charge is -2.18. The summed E-state index contributed by atoms with van der Waals surface area (Å²) >= 11 is 0. The minimum Gasteiger partial charge on any atom is -0.481 e. The number of amides is 1. The zero-order valence-electron chi connectivity index (χ0n) is 12.8. The Hall–Kier alpha value is -2.66. The number of ether oxygens (including phenoxy) is 1. The molecule has 0 aromatic heterocycles. The Balaban J connectivity index is 2.05. The van der Waals surface area contributed by atoms with Crippen molar-refractivity contribution in [3.63, 3.8) is 0 Å². The van der Waals surface area contributed by atoms with E-state index in [2.05, 4.69) is 5.32 Å². The monoisotopic (exact) mass is 313 g/mol. The van der Waals surface area contributed by atoms with E-state index in [0.29, 0.717) is 5.56 Å². The summed E-state index contributed by atoms with van der Waals surface area (Å²) in [4.78, 5) is 23.7. The summed E-state index contributed by atoms with van der Waals surface area (Å²) in [6.07, 6.45) is -0.763. The first-order chi connectivity index (χ1) is 11.1. The standard InChI is InChI=1S/C18H19NO4/c1-23-16(14-10-6-3-7-11-14)17(20)19-12-15(18(21)22)13-8-4-2-5-9-13/h2-11,15-16H,12H2,1H3,(H,19,20)(H,21,22). The molecule has 0 saturated carbocycles. The van der Waals surface area contributed by atoms with E-state index in [4.69, 9.17) is 4.74 Å². The van der Waals surface area contributed by atoms with Gasteiger partial charge in [-0.2, -0.15) is 0 Å². The van der Waals surface area contributed by atoms with E-state index >= 15 is 0 Å². The first kappa shape index (κ1) is 16.7. The van der Waals surface area contributed by atoms with Gasteiger partial charge in [0.25, 0.3) is 5.91 Å². The summed E-state index contributed by atoms with van der Waals surface area (Å²) in [6.45, 7) is 0.00483. The molecule has 0 heterocycles. The van der Waals surface area contributed by atoms with Gasteiger partial charge in [0, 0.05) is 13.7 Å². The molecule has 2 N–H and O–H groups in total. The van der Waals surface area contributed by atoms with E-state index in [0.717, 1.165) is 5.56 Å². The van der Waals surface area contributed by atoms with Gasteiger partial charge in [0.05, 0.1) is 5.92 Å². The Labute approximate surface area is 134 Å². The molecule has 1 amide bonds. The Morgan fingerprint density at radius 1 is 1.00 bits per heavy atom. The average molecular weight is 313 g/mol. The topological polar surface area (TPSA) is 75.6 Å². The van der Waals surface area contributed by atoms with Crippen molar-refractivity contribution < 1.29 is 19.4 Å². The number of carbonyl (C=O) groups excluding carboxylic acids is 1. The zero-order valence-corrected chi connectivity index (χ0v) is 12.8.